The van der Waals surface area contributed by atoms with Crippen LogP contribution in [0.4, 0.5) is 0 Å². The molecule has 2 aliphatic rings. The summed E-state index contributed by atoms with van der Waals surface area (Å²) in [5, 5.41) is -0.315. The van der Waals surface area contributed by atoms with Crippen LogP contribution in [0.5, 0.6) is 5.75 Å². The van der Waals surface area contributed by atoms with Gasteiger partial charge < -0.3 is 19.9 Å². The largest absolute Gasteiger partial charge is 0.497 e. The molecule has 28 heavy (non-hydrogen) atoms. The number of β-lactam (4-membered cyclic amide) rings is 1. The fourth-order valence-electron chi connectivity index (χ4n) is 3.10. The molecule has 0 bridgehead atoms. The first-order valence-electron chi connectivity index (χ1n) is 8.74. The molecule has 2 N–H and O–H groups in total. The molecule has 1 aromatic carbocycles. The molecule has 0 saturated carbocycles. The number of carbonyl (C=O) groups is 3. The Bertz CT molecular complexity index is 822. The van der Waals surface area contributed by atoms with Gasteiger partial charge in [-0.3, -0.25) is 14.5 Å². The second-order valence-corrected chi connectivity index (χ2v) is 7.59. The zero-order valence-electron chi connectivity index (χ0n) is 15.8. The van der Waals surface area contributed by atoms with Crippen LogP contribution in [0, 0.1) is 0 Å². The molecule has 0 spiro atoms. The van der Waals surface area contributed by atoms with Crippen molar-refractivity contribution in [3.63, 3.8) is 0 Å². The molecule has 3 atom stereocenters. The van der Waals surface area contributed by atoms with Crippen LogP contribution in [-0.2, 0) is 30.5 Å². The fraction of sp³-hybridized carbons (Fsp3) is 0.421. The van der Waals surface area contributed by atoms with Gasteiger partial charge in [-0.15, -0.1) is 11.8 Å². The van der Waals surface area contributed by atoms with Crippen LogP contribution < -0.4 is 10.5 Å². The lowest BCUT2D eigenvalue weighted by molar-refractivity contribution is -0.152. The third-order valence-corrected chi connectivity index (χ3v) is 5.92. The van der Waals surface area contributed by atoms with E-state index in [1.54, 1.807) is 38.3 Å². The third kappa shape index (κ3) is 3.85. The molecule has 1 unspecified atom stereocenters. The number of fused-ring (bicyclic) bond motifs is 1. The van der Waals surface area contributed by atoms with Crippen molar-refractivity contribution in [1.82, 2.24) is 4.90 Å². The smallest absolute Gasteiger partial charge is 0.355 e. The molecule has 1 aromatic rings. The molecule has 8 nitrogen and oxygen atoms in total. The minimum absolute atomic E-state index is 0.0352. The Labute approximate surface area is 167 Å². The fourth-order valence-corrected chi connectivity index (χ4v) is 4.50. The van der Waals surface area contributed by atoms with Gasteiger partial charge in [-0.25, -0.2) is 4.79 Å². The lowest BCUT2D eigenvalue weighted by Crippen LogP contribution is -2.68. The average Bonchev–Trinajstić information content (AvgIpc) is 2.70. The number of nitrogens with zero attached hydrogens (tertiary/aromatic N) is 1. The van der Waals surface area contributed by atoms with Gasteiger partial charge in [-0.2, -0.15) is 0 Å². The van der Waals surface area contributed by atoms with E-state index in [-0.39, 0.29) is 23.6 Å². The van der Waals surface area contributed by atoms with Gasteiger partial charge >= 0.3 is 11.9 Å². The Morgan fingerprint density at radius 2 is 2.00 bits per heavy atom. The van der Waals surface area contributed by atoms with Gasteiger partial charge in [0.05, 0.1) is 7.11 Å². The highest BCUT2D eigenvalue weighted by Crippen LogP contribution is 2.41. The summed E-state index contributed by atoms with van der Waals surface area (Å²) in [5.41, 5.74) is 7.29. The molecule has 2 aliphatic heterocycles. The molecule has 0 aliphatic carbocycles. The minimum atomic E-state index is -0.654. The summed E-state index contributed by atoms with van der Waals surface area (Å²) in [7, 11) is 1.57. The summed E-state index contributed by atoms with van der Waals surface area (Å²) >= 11 is 1.44. The van der Waals surface area contributed by atoms with Crippen LogP contribution in [0.3, 0.4) is 0 Å². The van der Waals surface area contributed by atoms with E-state index in [4.69, 9.17) is 19.9 Å². The number of thioether (sulfide) groups is 1. The highest BCUT2D eigenvalue weighted by molar-refractivity contribution is 8.00. The van der Waals surface area contributed by atoms with Crippen molar-refractivity contribution in [2.75, 3.05) is 12.9 Å². The Kier molecular flexibility index (Phi) is 5.95. The van der Waals surface area contributed by atoms with Gasteiger partial charge in [0.25, 0.3) is 0 Å². The standard InChI is InChI=1S/C19H22N2O6S/c1-10(27-11(2)22)14-9-28-18-15(20)17(23)21(18)16(14)19(24)26-8-12-4-6-13(25-3)7-5-12/h4-7,10,15,18H,8-9,20H2,1-3H3/t10?,15-,18+/m1/s1. The summed E-state index contributed by atoms with van der Waals surface area (Å²) < 4.78 is 15.8. The van der Waals surface area contributed by atoms with E-state index in [2.05, 4.69) is 0 Å². The lowest BCUT2D eigenvalue weighted by atomic mass is 10.0. The first kappa shape index (κ1) is 20.2. The van der Waals surface area contributed by atoms with Gasteiger partial charge in [0, 0.05) is 18.2 Å². The molecular formula is C19H22N2O6S. The normalized spacial score (nSPS) is 22.1. The van der Waals surface area contributed by atoms with Gasteiger partial charge in [-0.05, 0) is 24.6 Å². The van der Waals surface area contributed by atoms with Crippen LogP contribution >= 0.6 is 11.8 Å². The molecule has 150 valence electrons. The second kappa shape index (κ2) is 8.24. The highest BCUT2D eigenvalue weighted by atomic mass is 32.2. The van der Waals surface area contributed by atoms with E-state index in [1.807, 2.05) is 0 Å². The first-order valence-corrected chi connectivity index (χ1v) is 9.79. The first-order chi connectivity index (χ1) is 13.3. The molecule has 0 radical (unpaired) electrons. The topological polar surface area (TPSA) is 108 Å². The molecule has 1 amide bonds. The van der Waals surface area contributed by atoms with Crippen molar-refractivity contribution in [2.24, 2.45) is 5.73 Å². The maximum atomic E-state index is 12.8. The van der Waals surface area contributed by atoms with E-state index in [1.165, 1.54) is 23.6 Å². The van der Waals surface area contributed by atoms with Crippen LogP contribution in [0.25, 0.3) is 0 Å². The number of amides is 1. The van der Waals surface area contributed by atoms with Crippen molar-refractivity contribution >= 4 is 29.6 Å². The number of benzene rings is 1. The van der Waals surface area contributed by atoms with Crippen LogP contribution in [-0.4, -0.2) is 53.1 Å². The molecule has 2 heterocycles. The van der Waals surface area contributed by atoms with Crippen molar-refractivity contribution in [1.29, 1.82) is 0 Å². The summed E-state index contributed by atoms with van der Waals surface area (Å²) in [5.74, 6) is -0.340. The summed E-state index contributed by atoms with van der Waals surface area (Å²) in [6.07, 6.45) is -0.654. The molecule has 9 heteroatoms. The maximum Gasteiger partial charge on any atom is 0.355 e. The second-order valence-electron chi connectivity index (χ2n) is 6.49. The molecule has 3 rings (SSSR count). The molecule has 0 aromatic heterocycles. The number of carbonyl (C=O) groups excluding carboxylic acids is 3. The van der Waals surface area contributed by atoms with Crippen molar-refractivity contribution in [2.45, 2.75) is 38.0 Å². The Balaban J connectivity index is 1.81. The number of ether oxygens (including phenoxy) is 3. The van der Waals surface area contributed by atoms with Crippen LogP contribution in [0.15, 0.2) is 35.5 Å². The summed E-state index contributed by atoms with van der Waals surface area (Å²) in [6, 6.07) is 6.45. The monoisotopic (exact) mass is 406 g/mol. The van der Waals surface area contributed by atoms with E-state index >= 15 is 0 Å². The zero-order valence-corrected chi connectivity index (χ0v) is 16.7. The molecular weight excluding hydrogens is 384 g/mol. The van der Waals surface area contributed by atoms with E-state index in [0.717, 1.165) is 5.56 Å². The molecule has 1 saturated heterocycles. The number of nitrogens with two attached hydrogens (primary N) is 1. The van der Waals surface area contributed by atoms with Gasteiger partial charge in [0.2, 0.25) is 5.91 Å². The Morgan fingerprint density at radius 1 is 1.32 bits per heavy atom. The Morgan fingerprint density at radius 3 is 2.61 bits per heavy atom. The predicted molar refractivity (Wildman–Crippen MR) is 102 cm³/mol. The van der Waals surface area contributed by atoms with E-state index in [9.17, 15) is 14.4 Å². The predicted octanol–water partition coefficient (Wildman–Crippen LogP) is 1.19. The van der Waals surface area contributed by atoms with E-state index in [0.29, 0.717) is 17.1 Å². The lowest BCUT2D eigenvalue weighted by Gasteiger charge is -2.48. The van der Waals surface area contributed by atoms with Gasteiger partial charge in [0.1, 0.15) is 35.6 Å². The van der Waals surface area contributed by atoms with Crippen molar-refractivity contribution in [3.8, 4) is 5.75 Å². The average molecular weight is 406 g/mol. The molecule has 1 fully saturated rings. The Hall–Kier alpha value is -2.52. The zero-order chi connectivity index (χ0) is 20.4. The summed E-state index contributed by atoms with van der Waals surface area (Å²) in [6.45, 7) is 2.99. The quantitative estimate of drug-likeness (QED) is 0.554. The number of hydrogen-bond donors (Lipinski definition) is 1. The summed E-state index contributed by atoms with van der Waals surface area (Å²) in [4.78, 5) is 37.8. The third-order valence-electron chi connectivity index (χ3n) is 4.59. The number of rotatable bonds is 6. The highest BCUT2D eigenvalue weighted by Gasteiger charge is 2.52. The van der Waals surface area contributed by atoms with Crippen molar-refractivity contribution in [3.05, 3.63) is 41.1 Å². The van der Waals surface area contributed by atoms with E-state index < -0.39 is 24.1 Å². The van der Waals surface area contributed by atoms with Crippen LogP contribution in [0.2, 0.25) is 0 Å². The number of hydrogen-bond acceptors (Lipinski definition) is 8. The minimum Gasteiger partial charge on any atom is -0.497 e. The number of esters is 2. The van der Waals surface area contributed by atoms with Gasteiger partial charge in [0.15, 0.2) is 0 Å². The maximum absolute atomic E-state index is 12.8. The van der Waals surface area contributed by atoms with Crippen molar-refractivity contribution < 1.29 is 28.6 Å². The SMILES string of the molecule is COc1ccc(COC(=O)C2=C(C(C)OC(C)=O)CS[C@H]3[C@H](N)C(=O)N23)cc1. The van der Waals surface area contributed by atoms with Crippen LogP contribution in [0.1, 0.15) is 19.4 Å². The number of methoxy groups -OCH3 is 1. The van der Waals surface area contributed by atoms with Gasteiger partial charge in [-0.1, -0.05) is 12.1 Å².